The van der Waals surface area contributed by atoms with Crippen LogP contribution in [0, 0.1) is 0 Å². The number of hydrogen-bond donors (Lipinski definition) is 2. The molecular formula is C33H43N5O4SSi. The van der Waals surface area contributed by atoms with E-state index in [1.807, 2.05) is 54.6 Å². The Kier molecular flexibility index (Phi) is 10.1. The van der Waals surface area contributed by atoms with Crippen LogP contribution in [0.15, 0.2) is 84.0 Å². The molecule has 0 spiro atoms. The maximum Gasteiger partial charge on any atom is 0.323 e. The molecular weight excluding hydrogens is 591 g/mol. The molecule has 3 aromatic rings. The summed E-state index contributed by atoms with van der Waals surface area (Å²) in [5, 5.41) is 7.41. The first-order valence-corrected chi connectivity index (χ1v) is 20.3. The molecule has 0 radical (unpaired) electrons. The van der Waals surface area contributed by atoms with Crippen LogP contribution in [0.2, 0.25) is 25.7 Å². The second-order valence-corrected chi connectivity index (χ2v) is 21.0. The summed E-state index contributed by atoms with van der Waals surface area (Å²) >= 11 is 0. The molecule has 3 aromatic carbocycles. The van der Waals surface area contributed by atoms with Crippen molar-refractivity contribution < 1.29 is 17.9 Å². The van der Waals surface area contributed by atoms with Gasteiger partial charge in [-0.25, -0.2) is 13.1 Å². The SMILES string of the molecule is CC(C)(C)OC(=O)[C@H](C[C@@H](CN=[N+]=[N-])NS(=O)(=O)CC[Si](C)(C)C)NC1(c2ccccc2)c2ccccc2-c2ccccc21. The van der Waals surface area contributed by atoms with Crippen LogP contribution in [0.3, 0.4) is 0 Å². The third kappa shape index (κ3) is 7.97. The second kappa shape index (κ2) is 13.3. The van der Waals surface area contributed by atoms with E-state index in [2.05, 4.69) is 64.0 Å². The summed E-state index contributed by atoms with van der Waals surface area (Å²) in [4.78, 5) is 16.9. The number of benzene rings is 3. The van der Waals surface area contributed by atoms with Crippen molar-refractivity contribution in [3.63, 3.8) is 0 Å². The Morgan fingerprint density at radius 2 is 1.50 bits per heavy atom. The third-order valence-corrected chi connectivity index (χ3v) is 11.1. The minimum atomic E-state index is -3.72. The van der Waals surface area contributed by atoms with E-state index < -0.39 is 47.3 Å². The summed E-state index contributed by atoms with van der Waals surface area (Å²) in [6.07, 6.45) is -0.000965. The van der Waals surface area contributed by atoms with Crippen LogP contribution in [0.5, 0.6) is 0 Å². The molecule has 2 atom stereocenters. The smallest absolute Gasteiger partial charge is 0.323 e. The van der Waals surface area contributed by atoms with Crippen LogP contribution >= 0.6 is 0 Å². The minimum absolute atomic E-state index is 0.000965. The molecule has 4 rings (SSSR count). The molecule has 9 nitrogen and oxygen atoms in total. The van der Waals surface area contributed by atoms with Crippen LogP contribution < -0.4 is 10.0 Å². The second-order valence-electron chi connectivity index (χ2n) is 13.5. The zero-order valence-electron chi connectivity index (χ0n) is 26.4. The van der Waals surface area contributed by atoms with Gasteiger partial charge >= 0.3 is 5.97 Å². The van der Waals surface area contributed by atoms with Gasteiger partial charge in [-0.15, -0.1) is 0 Å². The molecule has 0 aliphatic heterocycles. The quantitative estimate of drug-likeness (QED) is 0.0721. The average molecular weight is 634 g/mol. The number of nitrogens with zero attached hydrogens (tertiary/aromatic N) is 3. The van der Waals surface area contributed by atoms with Gasteiger partial charge in [-0.2, -0.15) is 0 Å². The van der Waals surface area contributed by atoms with Gasteiger partial charge in [0.05, 0.1) is 11.3 Å². The van der Waals surface area contributed by atoms with E-state index in [1.54, 1.807) is 20.8 Å². The molecule has 44 heavy (non-hydrogen) atoms. The molecule has 11 heteroatoms. The van der Waals surface area contributed by atoms with E-state index >= 15 is 0 Å². The van der Waals surface area contributed by atoms with Gasteiger partial charge in [-0.1, -0.05) is 104 Å². The first-order chi connectivity index (χ1) is 20.7. The van der Waals surface area contributed by atoms with Crippen molar-refractivity contribution in [2.45, 2.75) is 76.1 Å². The number of rotatable bonds is 13. The topological polar surface area (TPSA) is 133 Å². The summed E-state index contributed by atoms with van der Waals surface area (Å²) < 4.78 is 35.1. The molecule has 1 aliphatic rings. The van der Waals surface area contributed by atoms with Gasteiger partial charge in [-0.05, 0) is 66.6 Å². The third-order valence-electron chi connectivity index (χ3n) is 7.59. The van der Waals surface area contributed by atoms with Crippen molar-refractivity contribution in [2.75, 3.05) is 12.3 Å². The van der Waals surface area contributed by atoms with E-state index in [0.717, 1.165) is 27.8 Å². The number of sulfonamides is 1. The first-order valence-electron chi connectivity index (χ1n) is 14.9. The summed E-state index contributed by atoms with van der Waals surface area (Å²) in [5.41, 5.74) is 12.4. The molecule has 0 unspecified atom stereocenters. The van der Waals surface area contributed by atoms with E-state index in [0.29, 0.717) is 6.04 Å². The molecule has 234 valence electrons. The molecule has 2 N–H and O–H groups in total. The van der Waals surface area contributed by atoms with E-state index in [-0.39, 0.29) is 18.7 Å². The molecule has 1 aliphatic carbocycles. The van der Waals surface area contributed by atoms with Crippen molar-refractivity contribution in [1.29, 1.82) is 0 Å². The fourth-order valence-electron chi connectivity index (χ4n) is 5.65. The maximum absolute atomic E-state index is 14.0. The highest BCUT2D eigenvalue weighted by Crippen LogP contribution is 2.51. The number of esters is 1. The van der Waals surface area contributed by atoms with Crippen LogP contribution in [0.1, 0.15) is 43.9 Å². The molecule has 0 aromatic heterocycles. The zero-order chi connectivity index (χ0) is 32.2. The van der Waals surface area contributed by atoms with Gasteiger partial charge in [0.15, 0.2) is 0 Å². The fraction of sp³-hybridized carbons (Fsp3) is 0.424. The standard InChI is InChI=1S/C33H43N5O4SSi/c1-32(2,3)42-31(39)30(22-25(23-35-38-34)37-43(40,41)20-21-44(4,5)6)36-33(24-14-8-7-9-15-24)28-18-12-10-16-26(28)27-17-11-13-19-29(27)33/h7-19,25,30,36-37H,20-23H2,1-6H3/t25-,30-/m0/s1. The van der Waals surface area contributed by atoms with Crippen molar-refractivity contribution in [3.05, 3.63) is 106 Å². The molecule has 0 saturated heterocycles. The normalized spacial score (nSPS) is 15.4. The maximum atomic E-state index is 14.0. The van der Waals surface area contributed by atoms with E-state index in [1.165, 1.54) is 0 Å². The lowest BCUT2D eigenvalue weighted by Gasteiger charge is -2.38. The lowest BCUT2D eigenvalue weighted by Crippen LogP contribution is -2.55. The number of hydrogen-bond acceptors (Lipinski definition) is 6. The van der Waals surface area contributed by atoms with Crippen LogP contribution in [0.25, 0.3) is 21.6 Å². The average Bonchev–Trinajstić information content (AvgIpc) is 3.24. The predicted octanol–water partition coefficient (Wildman–Crippen LogP) is 6.59. The minimum Gasteiger partial charge on any atom is -0.459 e. The highest BCUT2D eigenvalue weighted by molar-refractivity contribution is 7.89. The van der Waals surface area contributed by atoms with Crippen molar-refractivity contribution >= 4 is 24.1 Å². The predicted molar refractivity (Wildman–Crippen MR) is 178 cm³/mol. The summed E-state index contributed by atoms with van der Waals surface area (Å²) in [7, 11) is -5.37. The van der Waals surface area contributed by atoms with Gasteiger partial charge in [0, 0.05) is 25.6 Å². The van der Waals surface area contributed by atoms with Crippen molar-refractivity contribution in [2.24, 2.45) is 5.11 Å². The number of azide groups is 1. The van der Waals surface area contributed by atoms with Gasteiger partial charge in [0.2, 0.25) is 10.0 Å². The Bertz CT molecular complexity index is 1580. The number of carbonyl (C=O) groups excluding carboxylic acids is 1. The van der Waals surface area contributed by atoms with Gasteiger partial charge in [-0.3, -0.25) is 10.1 Å². The molecule has 0 fully saturated rings. The summed E-state index contributed by atoms with van der Waals surface area (Å²) in [5.74, 6) is -0.559. The highest BCUT2D eigenvalue weighted by Gasteiger charge is 2.47. The summed E-state index contributed by atoms with van der Waals surface area (Å²) in [6, 6.07) is 24.8. The van der Waals surface area contributed by atoms with Gasteiger partial charge in [0.25, 0.3) is 0 Å². The number of nitrogens with one attached hydrogen (secondary N) is 2. The van der Waals surface area contributed by atoms with Crippen molar-refractivity contribution in [3.8, 4) is 11.1 Å². The largest absolute Gasteiger partial charge is 0.459 e. The van der Waals surface area contributed by atoms with Crippen LogP contribution in [0.4, 0.5) is 0 Å². The number of ether oxygens (including phenoxy) is 1. The molecule has 0 amide bonds. The fourth-order valence-corrected chi connectivity index (χ4v) is 9.98. The summed E-state index contributed by atoms with van der Waals surface area (Å²) in [6.45, 7) is 11.6. The highest BCUT2D eigenvalue weighted by atomic mass is 32.2. The van der Waals surface area contributed by atoms with Crippen LogP contribution in [-0.2, 0) is 25.1 Å². The van der Waals surface area contributed by atoms with E-state index in [9.17, 15) is 13.2 Å². The lowest BCUT2D eigenvalue weighted by molar-refractivity contribution is -0.158. The zero-order valence-corrected chi connectivity index (χ0v) is 28.2. The Balaban J connectivity index is 1.83. The number of fused-ring (bicyclic) bond motifs is 3. The molecule has 0 heterocycles. The Hall–Kier alpha value is -3.47. The number of carbonyl (C=O) groups is 1. The van der Waals surface area contributed by atoms with Crippen LogP contribution in [-0.4, -0.2) is 52.4 Å². The molecule has 0 bridgehead atoms. The Labute approximate surface area is 262 Å². The van der Waals surface area contributed by atoms with Gasteiger partial charge < -0.3 is 4.74 Å². The van der Waals surface area contributed by atoms with E-state index in [4.69, 9.17) is 10.3 Å². The first kappa shape index (κ1) is 33.4. The Morgan fingerprint density at radius 3 is 2.02 bits per heavy atom. The monoisotopic (exact) mass is 633 g/mol. The Morgan fingerprint density at radius 1 is 0.955 bits per heavy atom. The van der Waals surface area contributed by atoms with Crippen molar-refractivity contribution in [1.82, 2.24) is 10.0 Å². The van der Waals surface area contributed by atoms with Gasteiger partial charge in [0.1, 0.15) is 11.6 Å². The lowest BCUT2D eigenvalue weighted by atomic mass is 9.79. The molecule has 0 saturated carbocycles.